The van der Waals surface area contributed by atoms with E-state index in [9.17, 15) is 19.5 Å². The van der Waals surface area contributed by atoms with Crippen molar-refractivity contribution in [1.82, 2.24) is 9.88 Å². The van der Waals surface area contributed by atoms with Gasteiger partial charge in [-0.25, -0.2) is 14.6 Å². The van der Waals surface area contributed by atoms with Crippen LogP contribution in [-0.2, 0) is 9.53 Å². The van der Waals surface area contributed by atoms with E-state index in [-0.39, 0.29) is 17.7 Å². The number of benzene rings is 2. The van der Waals surface area contributed by atoms with Gasteiger partial charge in [-0.15, -0.1) is 0 Å². The maximum atomic E-state index is 13.0. The highest BCUT2D eigenvalue weighted by molar-refractivity contribution is 7.17. The van der Waals surface area contributed by atoms with Crippen molar-refractivity contribution in [3.63, 3.8) is 0 Å². The topological polar surface area (TPSA) is 109 Å². The van der Waals surface area contributed by atoms with E-state index in [0.717, 1.165) is 33.6 Å². The van der Waals surface area contributed by atoms with Crippen LogP contribution in [-0.4, -0.2) is 52.2 Å². The van der Waals surface area contributed by atoms with Crippen LogP contribution in [0.1, 0.15) is 46.3 Å². The SMILES string of the molecule is Cc1nc(NC(=O)OCC2c3ccccc3-c3ccccc32)sc1C(=O)N1CC(C)(C)C1C(=O)O. The van der Waals surface area contributed by atoms with Gasteiger partial charge in [-0.3, -0.25) is 10.1 Å². The Hall–Kier alpha value is -3.72. The van der Waals surface area contributed by atoms with Gasteiger partial charge in [0.2, 0.25) is 0 Å². The Kier molecular flexibility index (Phi) is 5.59. The maximum Gasteiger partial charge on any atom is 0.413 e. The number of aliphatic carboxylic acids is 1. The highest BCUT2D eigenvalue weighted by atomic mass is 32.1. The third-order valence-corrected chi connectivity index (χ3v) is 7.73. The lowest BCUT2D eigenvalue weighted by Gasteiger charge is -2.51. The van der Waals surface area contributed by atoms with Crippen molar-refractivity contribution in [2.24, 2.45) is 5.41 Å². The molecular formula is C26H25N3O5S. The zero-order valence-corrected chi connectivity index (χ0v) is 20.4. The van der Waals surface area contributed by atoms with Gasteiger partial charge in [-0.1, -0.05) is 73.7 Å². The minimum absolute atomic E-state index is 0.0638. The van der Waals surface area contributed by atoms with Crippen LogP contribution < -0.4 is 5.32 Å². The average molecular weight is 492 g/mol. The Balaban J connectivity index is 1.25. The van der Waals surface area contributed by atoms with Crippen molar-refractivity contribution >= 4 is 34.4 Å². The molecular weight excluding hydrogens is 466 g/mol. The largest absolute Gasteiger partial charge is 0.480 e. The van der Waals surface area contributed by atoms with Crippen LogP contribution in [0, 0.1) is 12.3 Å². The number of carbonyl (C=O) groups is 3. The molecule has 1 atom stereocenters. The summed E-state index contributed by atoms with van der Waals surface area (Å²) in [4.78, 5) is 43.1. The first-order chi connectivity index (χ1) is 16.7. The molecule has 1 fully saturated rings. The molecule has 0 radical (unpaired) electrons. The number of amides is 2. The molecule has 1 aliphatic heterocycles. The van der Waals surface area contributed by atoms with E-state index in [4.69, 9.17) is 4.74 Å². The number of likely N-dealkylation sites (tertiary alicyclic amines) is 1. The summed E-state index contributed by atoms with van der Waals surface area (Å²) in [6.45, 7) is 5.81. The third-order valence-electron chi connectivity index (χ3n) is 6.67. The molecule has 5 rings (SSSR count). The van der Waals surface area contributed by atoms with Crippen molar-refractivity contribution < 1.29 is 24.2 Å². The van der Waals surface area contributed by atoms with E-state index >= 15 is 0 Å². The van der Waals surface area contributed by atoms with Crippen molar-refractivity contribution in [2.45, 2.75) is 32.7 Å². The zero-order valence-electron chi connectivity index (χ0n) is 19.6. The number of carboxylic acid groups (broad SMARTS) is 1. The van der Waals surface area contributed by atoms with Gasteiger partial charge in [0.15, 0.2) is 5.13 Å². The van der Waals surface area contributed by atoms with Crippen LogP contribution >= 0.6 is 11.3 Å². The maximum absolute atomic E-state index is 13.0. The minimum Gasteiger partial charge on any atom is -0.480 e. The van der Waals surface area contributed by atoms with Crippen molar-refractivity contribution in [3.8, 4) is 11.1 Å². The third kappa shape index (κ3) is 3.95. The van der Waals surface area contributed by atoms with Crippen molar-refractivity contribution in [3.05, 3.63) is 70.2 Å². The smallest absolute Gasteiger partial charge is 0.413 e. The van der Waals surface area contributed by atoms with E-state index in [1.54, 1.807) is 6.92 Å². The van der Waals surface area contributed by atoms with Crippen LogP contribution in [0.4, 0.5) is 9.93 Å². The Morgan fingerprint density at radius 3 is 2.29 bits per heavy atom. The van der Waals surface area contributed by atoms with Crippen LogP contribution in [0.25, 0.3) is 11.1 Å². The van der Waals surface area contributed by atoms with Crippen LogP contribution in [0.3, 0.4) is 0 Å². The summed E-state index contributed by atoms with van der Waals surface area (Å²) in [5.74, 6) is -1.49. The first kappa shape index (κ1) is 23.0. The lowest BCUT2D eigenvalue weighted by Crippen LogP contribution is -2.67. The molecule has 1 unspecified atom stereocenters. The zero-order chi connectivity index (χ0) is 24.9. The van der Waals surface area contributed by atoms with E-state index in [1.165, 1.54) is 4.90 Å². The number of carbonyl (C=O) groups excluding carboxylic acids is 2. The highest BCUT2D eigenvalue weighted by Crippen LogP contribution is 2.44. The molecule has 2 N–H and O–H groups in total. The van der Waals surface area contributed by atoms with E-state index in [2.05, 4.69) is 22.4 Å². The highest BCUT2D eigenvalue weighted by Gasteiger charge is 2.53. The van der Waals surface area contributed by atoms with Gasteiger partial charge in [0, 0.05) is 17.9 Å². The number of fused-ring (bicyclic) bond motifs is 3. The van der Waals surface area contributed by atoms with Crippen LogP contribution in [0.5, 0.6) is 0 Å². The molecule has 1 aliphatic carbocycles. The summed E-state index contributed by atoms with van der Waals surface area (Å²) in [5.41, 5.74) is 4.45. The molecule has 3 aromatic rings. The summed E-state index contributed by atoms with van der Waals surface area (Å²) in [7, 11) is 0. The first-order valence-electron chi connectivity index (χ1n) is 11.3. The lowest BCUT2D eigenvalue weighted by molar-refractivity contribution is -0.156. The van der Waals surface area contributed by atoms with E-state index in [1.807, 2.05) is 50.2 Å². The molecule has 35 heavy (non-hydrogen) atoms. The number of thiazole rings is 1. The van der Waals surface area contributed by atoms with Gasteiger partial charge >= 0.3 is 12.1 Å². The number of hydrogen-bond acceptors (Lipinski definition) is 6. The molecule has 9 heteroatoms. The fraction of sp³-hybridized carbons (Fsp3) is 0.308. The number of carboxylic acids is 1. The average Bonchev–Trinajstić information content (AvgIpc) is 3.32. The molecule has 2 aromatic carbocycles. The fourth-order valence-electron chi connectivity index (χ4n) is 5.08. The number of nitrogens with zero attached hydrogens (tertiary/aromatic N) is 2. The van der Waals surface area contributed by atoms with Crippen LogP contribution in [0.15, 0.2) is 48.5 Å². The Bertz CT molecular complexity index is 1300. The van der Waals surface area contributed by atoms with Gasteiger partial charge in [0.05, 0.1) is 5.69 Å². The molecule has 2 heterocycles. The number of hydrogen-bond donors (Lipinski definition) is 2. The summed E-state index contributed by atoms with van der Waals surface area (Å²) in [6, 6.07) is 15.3. The second-order valence-corrected chi connectivity index (χ2v) is 10.5. The lowest BCUT2D eigenvalue weighted by atomic mass is 9.75. The fourth-order valence-corrected chi connectivity index (χ4v) is 5.99. The second-order valence-electron chi connectivity index (χ2n) is 9.55. The monoisotopic (exact) mass is 491 g/mol. The van der Waals surface area contributed by atoms with Gasteiger partial charge in [-0.2, -0.15) is 0 Å². The van der Waals surface area contributed by atoms with Crippen molar-refractivity contribution in [2.75, 3.05) is 18.5 Å². The Morgan fingerprint density at radius 1 is 1.11 bits per heavy atom. The van der Waals surface area contributed by atoms with E-state index < -0.39 is 29.4 Å². The molecule has 0 saturated carbocycles. The number of nitrogens with one attached hydrogen (secondary N) is 1. The summed E-state index contributed by atoms with van der Waals surface area (Å²) in [6.07, 6.45) is -0.659. The molecule has 2 aliphatic rings. The van der Waals surface area contributed by atoms with Crippen LogP contribution in [0.2, 0.25) is 0 Å². The van der Waals surface area contributed by atoms with Gasteiger partial charge in [0.25, 0.3) is 5.91 Å². The molecule has 0 bridgehead atoms. The number of ether oxygens (including phenoxy) is 1. The molecule has 0 spiro atoms. The number of aromatic nitrogens is 1. The summed E-state index contributed by atoms with van der Waals surface area (Å²) < 4.78 is 5.55. The minimum atomic E-state index is -1.03. The normalized spacial score (nSPS) is 17.8. The standard InChI is InChI=1S/C26H25N3O5S/c1-14-20(22(30)29-13-26(2,3)21(29)23(31)32)35-24(27-14)28-25(33)34-12-19-17-10-6-4-8-15(17)16-9-5-7-11-18(16)19/h4-11,19,21H,12-13H2,1-3H3,(H,31,32)(H,27,28,33). The van der Waals surface area contributed by atoms with Gasteiger partial charge in [0.1, 0.15) is 17.5 Å². The molecule has 2 amide bonds. The Morgan fingerprint density at radius 2 is 1.71 bits per heavy atom. The molecule has 8 nitrogen and oxygen atoms in total. The quantitative estimate of drug-likeness (QED) is 0.533. The summed E-state index contributed by atoms with van der Waals surface area (Å²) in [5, 5.41) is 12.4. The molecule has 1 aromatic heterocycles. The van der Waals surface area contributed by atoms with Gasteiger partial charge in [-0.05, 0) is 29.2 Å². The van der Waals surface area contributed by atoms with Gasteiger partial charge < -0.3 is 14.7 Å². The number of rotatable bonds is 5. The number of aryl methyl sites for hydroxylation is 1. The second kappa shape index (κ2) is 8.49. The Labute approximate surface area is 206 Å². The number of anilines is 1. The summed E-state index contributed by atoms with van der Waals surface area (Å²) >= 11 is 1.02. The first-order valence-corrected chi connectivity index (χ1v) is 12.1. The molecule has 1 saturated heterocycles. The van der Waals surface area contributed by atoms with Crippen molar-refractivity contribution in [1.29, 1.82) is 0 Å². The van der Waals surface area contributed by atoms with E-state index in [0.29, 0.717) is 17.1 Å². The molecule has 180 valence electrons. The predicted octanol–water partition coefficient (Wildman–Crippen LogP) is 4.75. The predicted molar refractivity (Wildman–Crippen MR) is 132 cm³/mol.